The third-order valence-electron chi connectivity index (χ3n) is 3.78. The highest BCUT2D eigenvalue weighted by atomic mass is 32.2. The first kappa shape index (κ1) is 15.4. The van der Waals surface area contributed by atoms with Gasteiger partial charge in [-0.05, 0) is 24.1 Å². The number of likely N-dealkylation sites (tertiary alicyclic amines) is 1. The molecule has 1 aromatic rings. The van der Waals surface area contributed by atoms with Crippen molar-refractivity contribution in [1.82, 2.24) is 9.21 Å². The van der Waals surface area contributed by atoms with E-state index in [0.29, 0.717) is 24.5 Å². The van der Waals surface area contributed by atoms with E-state index in [2.05, 4.69) is 4.90 Å². The van der Waals surface area contributed by atoms with Crippen molar-refractivity contribution >= 4 is 10.0 Å². The number of nitrogens with zero attached hydrogens (tertiary/aromatic N) is 2. The highest BCUT2D eigenvalue weighted by molar-refractivity contribution is 7.89. The fraction of sp³-hybridized carbons (Fsp3) is 0.571. The van der Waals surface area contributed by atoms with Gasteiger partial charge < -0.3 is 5.11 Å². The quantitative estimate of drug-likeness (QED) is 0.877. The molecule has 1 aliphatic rings. The third-order valence-corrected chi connectivity index (χ3v) is 5.59. The predicted octanol–water partition coefficient (Wildman–Crippen LogP) is 0.894. The van der Waals surface area contributed by atoms with Crippen molar-refractivity contribution in [3.05, 3.63) is 29.8 Å². The predicted molar refractivity (Wildman–Crippen MR) is 77.8 cm³/mol. The van der Waals surface area contributed by atoms with E-state index in [0.717, 1.165) is 12.0 Å². The highest BCUT2D eigenvalue weighted by Gasteiger charge is 2.39. The van der Waals surface area contributed by atoms with Crippen molar-refractivity contribution in [3.8, 4) is 0 Å². The summed E-state index contributed by atoms with van der Waals surface area (Å²) < 4.78 is 25.4. The molecule has 1 N–H and O–H groups in total. The minimum atomic E-state index is -3.39. The molecule has 1 saturated heterocycles. The van der Waals surface area contributed by atoms with Crippen LogP contribution in [0.15, 0.2) is 29.2 Å². The summed E-state index contributed by atoms with van der Waals surface area (Å²) in [4.78, 5) is 2.43. The largest absolute Gasteiger partial charge is 0.387 e. The van der Waals surface area contributed by atoms with Crippen LogP contribution < -0.4 is 0 Å². The fourth-order valence-electron chi connectivity index (χ4n) is 2.39. The van der Waals surface area contributed by atoms with Gasteiger partial charge in [-0.2, -0.15) is 0 Å². The highest BCUT2D eigenvalue weighted by Crippen LogP contribution is 2.26. The summed E-state index contributed by atoms with van der Waals surface area (Å²) in [6.45, 7) is 3.93. The van der Waals surface area contributed by atoms with E-state index in [9.17, 15) is 13.5 Å². The molecule has 0 radical (unpaired) electrons. The van der Waals surface area contributed by atoms with Crippen LogP contribution in [0.1, 0.15) is 18.9 Å². The first-order valence-electron chi connectivity index (χ1n) is 6.73. The Balaban J connectivity index is 2.09. The van der Waals surface area contributed by atoms with Crippen LogP contribution in [0.2, 0.25) is 0 Å². The summed E-state index contributed by atoms with van der Waals surface area (Å²) in [7, 11) is -0.333. The summed E-state index contributed by atoms with van der Waals surface area (Å²) in [6.07, 6.45) is 0.749. The zero-order chi connectivity index (χ0) is 15.0. The van der Waals surface area contributed by atoms with Crippen LogP contribution >= 0.6 is 0 Å². The Kier molecular flexibility index (Phi) is 4.20. The molecule has 0 aliphatic carbocycles. The summed E-state index contributed by atoms with van der Waals surface area (Å²) in [6, 6.07) is 6.99. The lowest BCUT2D eigenvalue weighted by molar-refractivity contribution is -0.103. The van der Waals surface area contributed by atoms with Crippen LogP contribution in [0.4, 0.5) is 0 Å². The molecule has 6 heteroatoms. The van der Waals surface area contributed by atoms with E-state index >= 15 is 0 Å². The van der Waals surface area contributed by atoms with Gasteiger partial charge in [0.15, 0.2) is 0 Å². The molecule has 1 fully saturated rings. The monoisotopic (exact) mass is 298 g/mol. The number of aliphatic hydroxyl groups is 1. The molecule has 0 saturated carbocycles. The molecule has 0 amide bonds. The Hall–Kier alpha value is -0.950. The maximum Gasteiger partial charge on any atom is 0.242 e. The van der Waals surface area contributed by atoms with Gasteiger partial charge in [0.05, 0.1) is 10.5 Å². The smallest absolute Gasteiger partial charge is 0.242 e. The Bertz CT molecular complexity index is 578. The van der Waals surface area contributed by atoms with Crippen LogP contribution in [0.3, 0.4) is 0 Å². The van der Waals surface area contributed by atoms with E-state index in [1.807, 2.05) is 13.0 Å². The fourth-order valence-corrected chi connectivity index (χ4v) is 3.37. The van der Waals surface area contributed by atoms with E-state index in [1.165, 1.54) is 18.4 Å². The molecule has 112 valence electrons. The second-order valence-corrected chi connectivity index (χ2v) is 7.81. The van der Waals surface area contributed by atoms with Crippen LogP contribution in [0.25, 0.3) is 0 Å². The normalized spacial score (nSPS) is 19.1. The van der Waals surface area contributed by atoms with Gasteiger partial charge in [0.2, 0.25) is 10.0 Å². The average Bonchev–Trinajstić information content (AvgIpc) is 2.37. The van der Waals surface area contributed by atoms with Gasteiger partial charge in [-0.3, -0.25) is 4.90 Å². The zero-order valence-electron chi connectivity index (χ0n) is 12.2. The van der Waals surface area contributed by atoms with E-state index in [1.54, 1.807) is 18.2 Å². The van der Waals surface area contributed by atoms with Gasteiger partial charge in [0.25, 0.3) is 0 Å². The van der Waals surface area contributed by atoms with Gasteiger partial charge in [0.1, 0.15) is 0 Å². The van der Waals surface area contributed by atoms with Crippen molar-refractivity contribution in [2.24, 2.45) is 0 Å². The molecular weight excluding hydrogens is 276 g/mol. The van der Waals surface area contributed by atoms with Crippen molar-refractivity contribution in [1.29, 1.82) is 0 Å². The zero-order valence-corrected chi connectivity index (χ0v) is 13.0. The van der Waals surface area contributed by atoms with Gasteiger partial charge in [-0.15, -0.1) is 0 Å². The second kappa shape index (κ2) is 5.44. The maximum absolute atomic E-state index is 12.1. The van der Waals surface area contributed by atoms with Crippen LogP contribution in [-0.2, 0) is 16.6 Å². The van der Waals surface area contributed by atoms with Crippen molar-refractivity contribution in [2.75, 3.05) is 27.2 Å². The number of hydrogen-bond acceptors (Lipinski definition) is 4. The molecule has 20 heavy (non-hydrogen) atoms. The Morgan fingerprint density at radius 1 is 1.35 bits per heavy atom. The van der Waals surface area contributed by atoms with Gasteiger partial charge in [-0.1, -0.05) is 19.1 Å². The summed E-state index contributed by atoms with van der Waals surface area (Å²) in [5.74, 6) is 0. The Labute approximate surface area is 120 Å². The molecule has 0 spiro atoms. The molecule has 1 heterocycles. The summed E-state index contributed by atoms with van der Waals surface area (Å²) >= 11 is 0. The first-order chi connectivity index (χ1) is 9.27. The molecule has 2 rings (SSSR count). The number of hydrogen-bond donors (Lipinski definition) is 1. The van der Waals surface area contributed by atoms with Crippen molar-refractivity contribution in [2.45, 2.75) is 30.4 Å². The summed E-state index contributed by atoms with van der Waals surface area (Å²) in [5, 5.41) is 9.98. The number of benzene rings is 1. The molecule has 0 aromatic heterocycles. The van der Waals surface area contributed by atoms with E-state index in [-0.39, 0.29) is 0 Å². The lowest BCUT2D eigenvalue weighted by Crippen LogP contribution is -2.60. The molecular formula is C14H22N2O3S. The molecule has 1 aromatic carbocycles. The lowest BCUT2D eigenvalue weighted by Gasteiger charge is -2.46. The topological polar surface area (TPSA) is 60.9 Å². The third kappa shape index (κ3) is 3.03. The number of rotatable bonds is 5. The second-order valence-electron chi connectivity index (χ2n) is 5.66. The molecule has 5 nitrogen and oxygen atoms in total. The standard InChI is InChI=1S/C14H22N2O3S/c1-4-14(17)10-16(11-14)9-12-6-5-7-13(8-12)20(18,19)15(2)3/h5-8,17H,4,9-11H2,1-3H3. The minimum Gasteiger partial charge on any atom is -0.387 e. The summed E-state index contributed by atoms with van der Waals surface area (Å²) in [5.41, 5.74) is 0.388. The molecule has 0 unspecified atom stereocenters. The van der Waals surface area contributed by atoms with Crippen LogP contribution in [0.5, 0.6) is 0 Å². The Morgan fingerprint density at radius 2 is 2.00 bits per heavy atom. The van der Waals surface area contributed by atoms with Crippen molar-refractivity contribution < 1.29 is 13.5 Å². The SMILES string of the molecule is CCC1(O)CN(Cc2cccc(S(=O)(=O)N(C)C)c2)C1. The van der Waals surface area contributed by atoms with E-state index in [4.69, 9.17) is 0 Å². The van der Waals surface area contributed by atoms with Crippen LogP contribution in [-0.4, -0.2) is 55.5 Å². The molecule has 1 aliphatic heterocycles. The average molecular weight is 298 g/mol. The molecule has 0 atom stereocenters. The van der Waals surface area contributed by atoms with Crippen molar-refractivity contribution in [3.63, 3.8) is 0 Å². The van der Waals surface area contributed by atoms with Gasteiger partial charge in [0, 0.05) is 33.7 Å². The first-order valence-corrected chi connectivity index (χ1v) is 8.17. The van der Waals surface area contributed by atoms with E-state index < -0.39 is 15.6 Å². The van der Waals surface area contributed by atoms with Gasteiger partial charge in [-0.25, -0.2) is 12.7 Å². The van der Waals surface area contributed by atoms with Gasteiger partial charge >= 0.3 is 0 Å². The maximum atomic E-state index is 12.1. The Morgan fingerprint density at radius 3 is 2.55 bits per heavy atom. The lowest BCUT2D eigenvalue weighted by atomic mass is 9.91. The molecule has 0 bridgehead atoms. The minimum absolute atomic E-state index is 0.311. The number of β-amino-alcohol motifs (C(OH)–C–C–N with tert-alkyl or cyclic N) is 1. The van der Waals surface area contributed by atoms with Crippen LogP contribution in [0, 0.1) is 0 Å². The number of sulfonamides is 1.